The molecule has 0 amide bonds. The molecule has 0 N–H and O–H groups in total. The molecule has 1 fully saturated rings. The molecule has 7 heteroatoms. The van der Waals surface area contributed by atoms with Crippen molar-refractivity contribution in [3.63, 3.8) is 0 Å². The molecule has 3 heterocycles. The topological polar surface area (TPSA) is 55.0 Å². The predicted molar refractivity (Wildman–Crippen MR) is 88.8 cm³/mol. The monoisotopic (exact) mass is 317 g/mol. The minimum absolute atomic E-state index is 0.890. The van der Waals surface area contributed by atoms with Crippen LogP contribution in [0, 0.1) is 0 Å². The van der Waals surface area contributed by atoms with Crippen molar-refractivity contribution in [2.45, 2.75) is 39.9 Å². The molecule has 0 unspecified atom stereocenters. The average molecular weight is 317 g/mol. The first-order chi connectivity index (χ1) is 11.2. The third kappa shape index (κ3) is 3.61. The molecule has 0 spiro atoms. The number of aryl methyl sites for hydroxylation is 2. The van der Waals surface area contributed by atoms with Gasteiger partial charge in [-0.3, -0.25) is 9.80 Å². The average Bonchev–Trinajstić information content (AvgIpc) is 3.16. The summed E-state index contributed by atoms with van der Waals surface area (Å²) in [6.07, 6.45) is 4.89. The number of nitrogens with zero attached hydrogens (tertiary/aromatic N) is 7. The molecule has 0 atom stereocenters. The molecule has 23 heavy (non-hydrogen) atoms. The van der Waals surface area contributed by atoms with Gasteiger partial charge in [0.15, 0.2) is 0 Å². The highest BCUT2D eigenvalue weighted by Gasteiger charge is 2.20. The van der Waals surface area contributed by atoms with Gasteiger partial charge in [-0.2, -0.15) is 0 Å². The fraction of sp³-hybridized carbons (Fsp3) is 0.688. The van der Waals surface area contributed by atoms with Crippen LogP contribution in [0.4, 0.5) is 0 Å². The lowest BCUT2D eigenvalue weighted by Crippen LogP contribution is -2.46. The van der Waals surface area contributed by atoms with E-state index in [0.29, 0.717) is 0 Å². The van der Waals surface area contributed by atoms with Crippen LogP contribution in [0.15, 0.2) is 12.4 Å². The third-order valence-corrected chi connectivity index (χ3v) is 4.71. The lowest BCUT2D eigenvalue weighted by molar-refractivity contribution is 0.116. The highest BCUT2D eigenvalue weighted by molar-refractivity contribution is 4.96. The lowest BCUT2D eigenvalue weighted by Gasteiger charge is -2.34. The molecule has 1 aliphatic rings. The number of hydrogen-bond donors (Lipinski definition) is 0. The third-order valence-electron chi connectivity index (χ3n) is 4.71. The molecule has 1 aliphatic heterocycles. The zero-order valence-electron chi connectivity index (χ0n) is 14.4. The number of hydrogen-bond acceptors (Lipinski definition) is 5. The van der Waals surface area contributed by atoms with Crippen LogP contribution in [-0.2, 0) is 33.1 Å². The molecular weight excluding hydrogens is 290 g/mol. The summed E-state index contributed by atoms with van der Waals surface area (Å²) in [5.41, 5.74) is 0. The number of rotatable bonds is 6. The maximum Gasteiger partial charge on any atom is 0.146 e. The van der Waals surface area contributed by atoms with Gasteiger partial charge in [0.05, 0.1) is 13.1 Å². The van der Waals surface area contributed by atoms with E-state index in [1.54, 1.807) is 0 Å². The van der Waals surface area contributed by atoms with Crippen LogP contribution >= 0.6 is 0 Å². The quantitative estimate of drug-likeness (QED) is 0.793. The molecule has 3 rings (SSSR count). The molecule has 0 aromatic carbocycles. The summed E-state index contributed by atoms with van der Waals surface area (Å²) in [5.74, 6) is 3.30. The lowest BCUT2D eigenvalue weighted by atomic mass is 10.3. The van der Waals surface area contributed by atoms with Gasteiger partial charge in [0.2, 0.25) is 0 Å². The number of aromatic nitrogens is 5. The fourth-order valence-corrected chi connectivity index (χ4v) is 3.13. The molecule has 2 aromatic rings. The van der Waals surface area contributed by atoms with Crippen molar-refractivity contribution in [3.05, 3.63) is 29.9 Å². The van der Waals surface area contributed by atoms with Gasteiger partial charge < -0.3 is 9.13 Å². The van der Waals surface area contributed by atoms with E-state index in [0.717, 1.165) is 63.9 Å². The largest absolute Gasteiger partial charge is 0.334 e. The molecule has 2 aromatic heterocycles. The Balaban J connectivity index is 1.51. The van der Waals surface area contributed by atoms with E-state index < -0.39 is 0 Å². The minimum Gasteiger partial charge on any atom is -0.334 e. The number of piperazine rings is 1. The van der Waals surface area contributed by atoms with Gasteiger partial charge >= 0.3 is 0 Å². The maximum absolute atomic E-state index is 4.48. The maximum atomic E-state index is 4.48. The van der Waals surface area contributed by atoms with Crippen LogP contribution in [0.5, 0.6) is 0 Å². The van der Waals surface area contributed by atoms with E-state index in [4.69, 9.17) is 0 Å². The van der Waals surface area contributed by atoms with Crippen LogP contribution in [0.1, 0.15) is 31.3 Å². The van der Waals surface area contributed by atoms with Crippen molar-refractivity contribution in [3.8, 4) is 0 Å². The molecule has 1 saturated heterocycles. The van der Waals surface area contributed by atoms with E-state index in [1.165, 1.54) is 5.82 Å². The predicted octanol–water partition coefficient (Wildman–Crippen LogP) is 0.912. The van der Waals surface area contributed by atoms with E-state index in [9.17, 15) is 0 Å². The first-order valence-electron chi connectivity index (χ1n) is 8.53. The number of imidazole rings is 1. The second-order valence-electron chi connectivity index (χ2n) is 6.13. The Morgan fingerprint density at radius 1 is 0.913 bits per heavy atom. The Morgan fingerprint density at radius 3 is 2.09 bits per heavy atom. The summed E-state index contributed by atoms with van der Waals surface area (Å²) in [6, 6.07) is 0. The van der Waals surface area contributed by atoms with Gasteiger partial charge in [-0.1, -0.05) is 6.92 Å². The van der Waals surface area contributed by atoms with E-state index in [2.05, 4.69) is 61.2 Å². The summed E-state index contributed by atoms with van der Waals surface area (Å²) < 4.78 is 4.35. The SMILES string of the molecule is CCc1nnc(CN2CCN(Cc3nccn3CC)CC2)n1C. The molecule has 0 bridgehead atoms. The van der Waals surface area contributed by atoms with Crippen molar-refractivity contribution < 1.29 is 0 Å². The summed E-state index contributed by atoms with van der Waals surface area (Å²) in [5, 5.41) is 8.58. The normalized spacial score (nSPS) is 17.0. The van der Waals surface area contributed by atoms with Gasteiger partial charge in [-0.05, 0) is 6.92 Å². The Labute approximate surface area is 137 Å². The van der Waals surface area contributed by atoms with Crippen LogP contribution in [-0.4, -0.2) is 60.3 Å². The summed E-state index contributed by atoms with van der Waals surface area (Å²) >= 11 is 0. The van der Waals surface area contributed by atoms with Gasteiger partial charge in [-0.25, -0.2) is 4.98 Å². The first kappa shape index (κ1) is 16.1. The summed E-state index contributed by atoms with van der Waals surface area (Å²) in [7, 11) is 2.06. The first-order valence-corrected chi connectivity index (χ1v) is 8.53. The Morgan fingerprint density at radius 2 is 1.52 bits per heavy atom. The standard InChI is InChI=1S/C16H27N7/c1-4-14-18-19-16(20(14)3)13-22-10-8-21(9-11-22)12-15-17-6-7-23(15)5-2/h6-7H,4-5,8-13H2,1-3H3. The second-order valence-corrected chi connectivity index (χ2v) is 6.13. The Bertz CT molecular complexity index is 622. The molecule has 0 saturated carbocycles. The molecule has 7 nitrogen and oxygen atoms in total. The van der Waals surface area contributed by atoms with Crippen LogP contribution in [0.2, 0.25) is 0 Å². The fourth-order valence-electron chi connectivity index (χ4n) is 3.13. The van der Waals surface area contributed by atoms with Gasteiger partial charge in [0, 0.05) is 58.6 Å². The summed E-state index contributed by atoms with van der Waals surface area (Å²) in [4.78, 5) is 9.43. The van der Waals surface area contributed by atoms with Gasteiger partial charge in [0.1, 0.15) is 17.5 Å². The van der Waals surface area contributed by atoms with Crippen molar-refractivity contribution in [1.29, 1.82) is 0 Å². The molecule has 0 radical (unpaired) electrons. The smallest absolute Gasteiger partial charge is 0.146 e. The van der Waals surface area contributed by atoms with Crippen molar-refractivity contribution >= 4 is 0 Å². The van der Waals surface area contributed by atoms with Crippen LogP contribution in [0.3, 0.4) is 0 Å². The van der Waals surface area contributed by atoms with Crippen molar-refractivity contribution in [2.24, 2.45) is 7.05 Å². The zero-order chi connectivity index (χ0) is 16.2. The second kappa shape index (κ2) is 7.23. The van der Waals surface area contributed by atoms with Gasteiger partial charge in [-0.15, -0.1) is 10.2 Å². The van der Waals surface area contributed by atoms with E-state index in [-0.39, 0.29) is 0 Å². The minimum atomic E-state index is 0.890. The van der Waals surface area contributed by atoms with Crippen molar-refractivity contribution in [1.82, 2.24) is 34.1 Å². The Kier molecular flexibility index (Phi) is 5.07. The zero-order valence-corrected chi connectivity index (χ0v) is 14.4. The van der Waals surface area contributed by atoms with Crippen LogP contribution < -0.4 is 0 Å². The molecule has 126 valence electrons. The van der Waals surface area contributed by atoms with Gasteiger partial charge in [0.25, 0.3) is 0 Å². The highest BCUT2D eigenvalue weighted by atomic mass is 15.3. The van der Waals surface area contributed by atoms with E-state index in [1.807, 2.05) is 6.20 Å². The molecular formula is C16H27N7. The summed E-state index contributed by atoms with van der Waals surface area (Å²) in [6.45, 7) is 11.4. The molecule has 0 aliphatic carbocycles. The Hall–Kier alpha value is -1.73. The highest BCUT2D eigenvalue weighted by Crippen LogP contribution is 2.10. The van der Waals surface area contributed by atoms with Crippen LogP contribution in [0.25, 0.3) is 0 Å². The van der Waals surface area contributed by atoms with Crippen molar-refractivity contribution in [2.75, 3.05) is 26.2 Å². The van der Waals surface area contributed by atoms with E-state index >= 15 is 0 Å².